The quantitative estimate of drug-likeness (QED) is 0.734. The van der Waals surface area contributed by atoms with Gasteiger partial charge in [-0.1, -0.05) is 0 Å². The van der Waals surface area contributed by atoms with Gasteiger partial charge in [-0.15, -0.1) is 11.3 Å². The first-order chi connectivity index (χ1) is 11.7. The molecule has 118 valence electrons. The van der Waals surface area contributed by atoms with E-state index in [1.165, 1.54) is 11.3 Å². The van der Waals surface area contributed by atoms with E-state index in [2.05, 4.69) is 9.97 Å². The normalized spacial score (nSPS) is 14.2. The molecule has 0 saturated carbocycles. The summed E-state index contributed by atoms with van der Waals surface area (Å²) >= 11 is 1.52. The molecule has 1 aliphatic heterocycles. The molecule has 1 fully saturated rings. The monoisotopic (exact) mass is 336 g/mol. The largest absolute Gasteiger partial charge is 0.471 e. The van der Waals surface area contributed by atoms with Crippen LogP contribution in [0.15, 0.2) is 42.0 Å². The van der Waals surface area contributed by atoms with Crippen LogP contribution in [0.1, 0.15) is 15.9 Å². The molecule has 0 bridgehead atoms. The number of fused-ring (bicyclic) bond motifs is 1. The van der Waals surface area contributed by atoms with E-state index in [1.807, 2.05) is 18.2 Å². The van der Waals surface area contributed by atoms with Gasteiger partial charge in [-0.3, -0.25) is 4.79 Å². The van der Waals surface area contributed by atoms with Gasteiger partial charge < -0.3 is 9.64 Å². The Hall–Kier alpha value is -2.98. The zero-order chi connectivity index (χ0) is 16.5. The molecule has 2 aromatic heterocycles. The summed E-state index contributed by atoms with van der Waals surface area (Å²) in [4.78, 5) is 22.5. The molecular formula is C17H12N4O2S. The second kappa shape index (κ2) is 5.91. The molecule has 7 heteroatoms. The van der Waals surface area contributed by atoms with Crippen molar-refractivity contribution in [3.63, 3.8) is 0 Å². The molecule has 0 atom stereocenters. The van der Waals surface area contributed by atoms with Crippen LogP contribution >= 0.6 is 11.3 Å². The second-order valence-electron chi connectivity index (χ2n) is 5.48. The van der Waals surface area contributed by atoms with E-state index >= 15 is 0 Å². The fraction of sp³-hybridized carbons (Fsp3) is 0.176. The topological polar surface area (TPSA) is 79.1 Å². The molecule has 1 amide bonds. The number of thiazole rings is 1. The molecule has 3 heterocycles. The minimum Gasteiger partial charge on any atom is -0.471 e. The van der Waals surface area contributed by atoms with Crippen molar-refractivity contribution in [1.29, 1.82) is 5.26 Å². The molecule has 1 aromatic carbocycles. The number of hydrogen-bond donors (Lipinski definition) is 0. The second-order valence-corrected chi connectivity index (χ2v) is 6.37. The summed E-state index contributed by atoms with van der Waals surface area (Å²) in [6, 6.07) is 10.8. The van der Waals surface area contributed by atoms with Gasteiger partial charge in [-0.2, -0.15) is 5.26 Å². The van der Waals surface area contributed by atoms with E-state index in [4.69, 9.17) is 10.00 Å². The van der Waals surface area contributed by atoms with Crippen molar-refractivity contribution in [2.75, 3.05) is 13.1 Å². The number of aromatic nitrogens is 2. The minimum absolute atomic E-state index is 0.0103. The lowest BCUT2D eigenvalue weighted by molar-refractivity contribution is 0.0160. The highest BCUT2D eigenvalue weighted by atomic mass is 32.1. The van der Waals surface area contributed by atoms with Crippen molar-refractivity contribution >= 4 is 27.5 Å². The van der Waals surface area contributed by atoms with Crippen LogP contribution in [-0.4, -0.2) is 40.0 Å². The van der Waals surface area contributed by atoms with Crippen LogP contribution in [0.25, 0.3) is 10.2 Å². The lowest BCUT2D eigenvalue weighted by Crippen LogP contribution is -2.56. The van der Waals surface area contributed by atoms with E-state index in [1.54, 1.807) is 34.8 Å². The maximum Gasteiger partial charge on any atom is 0.254 e. The molecule has 4 rings (SSSR count). The summed E-state index contributed by atoms with van der Waals surface area (Å²) < 4.78 is 6.71. The average molecular weight is 336 g/mol. The van der Waals surface area contributed by atoms with E-state index < -0.39 is 0 Å². The Balaban J connectivity index is 1.39. The van der Waals surface area contributed by atoms with Gasteiger partial charge in [0, 0.05) is 17.8 Å². The van der Waals surface area contributed by atoms with E-state index in [0.717, 1.165) is 10.2 Å². The number of benzene rings is 1. The molecule has 0 spiro atoms. The number of nitrogens with zero attached hydrogens (tertiary/aromatic N) is 4. The Morgan fingerprint density at radius 2 is 2.17 bits per heavy atom. The van der Waals surface area contributed by atoms with Crippen molar-refractivity contribution in [3.05, 3.63) is 53.2 Å². The fourth-order valence-corrected chi connectivity index (χ4v) is 3.28. The van der Waals surface area contributed by atoms with Gasteiger partial charge in [-0.25, -0.2) is 9.97 Å². The van der Waals surface area contributed by atoms with Gasteiger partial charge in [0.2, 0.25) is 5.88 Å². The molecular weight excluding hydrogens is 324 g/mol. The van der Waals surface area contributed by atoms with Crippen LogP contribution in [0.4, 0.5) is 0 Å². The smallest absolute Gasteiger partial charge is 0.254 e. The number of carbonyl (C=O) groups is 1. The molecule has 0 aliphatic carbocycles. The van der Waals surface area contributed by atoms with Crippen LogP contribution in [0.2, 0.25) is 0 Å². The summed E-state index contributed by atoms with van der Waals surface area (Å²) in [6.07, 6.45) is 1.45. The summed E-state index contributed by atoms with van der Waals surface area (Å²) in [6.45, 7) is 1.02. The Bertz CT molecular complexity index is 956. The van der Waals surface area contributed by atoms with Crippen LogP contribution in [0.3, 0.4) is 0 Å². The summed E-state index contributed by atoms with van der Waals surface area (Å²) in [5.41, 5.74) is 3.85. The number of hydrogen-bond acceptors (Lipinski definition) is 6. The molecule has 24 heavy (non-hydrogen) atoms. The van der Waals surface area contributed by atoms with Crippen LogP contribution in [-0.2, 0) is 0 Å². The van der Waals surface area contributed by atoms with Crippen molar-refractivity contribution < 1.29 is 9.53 Å². The third kappa shape index (κ3) is 2.68. The Labute approximate surface area is 141 Å². The zero-order valence-corrected chi connectivity index (χ0v) is 13.4. The molecule has 0 unspecified atom stereocenters. The van der Waals surface area contributed by atoms with Crippen molar-refractivity contribution in [2.45, 2.75) is 6.10 Å². The predicted molar refractivity (Wildman–Crippen MR) is 88.9 cm³/mol. The Kier molecular flexibility index (Phi) is 3.59. The van der Waals surface area contributed by atoms with E-state index in [0.29, 0.717) is 30.1 Å². The third-order valence-electron chi connectivity index (χ3n) is 3.86. The predicted octanol–water partition coefficient (Wildman–Crippen LogP) is 2.47. The average Bonchev–Trinajstić information content (AvgIpc) is 3.05. The number of pyridine rings is 1. The lowest BCUT2D eigenvalue weighted by Gasteiger charge is -2.38. The molecule has 1 aliphatic rings. The lowest BCUT2D eigenvalue weighted by atomic mass is 10.1. The van der Waals surface area contributed by atoms with Gasteiger partial charge in [0.15, 0.2) is 0 Å². The zero-order valence-electron chi connectivity index (χ0n) is 12.5. The first-order valence-electron chi connectivity index (χ1n) is 7.38. The molecule has 0 N–H and O–H groups in total. The fourth-order valence-electron chi connectivity index (χ4n) is 2.56. The van der Waals surface area contributed by atoms with E-state index in [9.17, 15) is 4.79 Å². The van der Waals surface area contributed by atoms with E-state index in [-0.39, 0.29) is 12.0 Å². The maximum atomic E-state index is 12.5. The van der Waals surface area contributed by atoms with Gasteiger partial charge in [0.1, 0.15) is 6.10 Å². The summed E-state index contributed by atoms with van der Waals surface area (Å²) in [7, 11) is 0. The van der Waals surface area contributed by atoms with Crippen LogP contribution < -0.4 is 4.74 Å². The maximum absolute atomic E-state index is 12.5. The number of ether oxygens (including phenoxy) is 1. The highest BCUT2D eigenvalue weighted by Crippen LogP contribution is 2.23. The molecule has 0 radical (unpaired) electrons. The summed E-state index contributed by atoms with van der Waals surface area (Å²) in [5.74, 6) is 0.404. The molecule has 1 saturated heterocycles. The van der Waals surface area contributed by atoms with Crippen LogP contribution in [0, 0.1) is 11.3 Å². The number of rotatable bonds is 3. The van der Waals surface area contributed by atoms with Gasteiger partial charge in [-0.05, 0) is 24.3 Å². The minimum atomic E-state index is -0.0949. The Morgan fingerprint density at radius 1 is 1.29 bits per heavy atom. The van der Waals surface area contributed by atoms with Crippen molar-refractivity contribution in [1.82, 2.24) is 14.9 Å². The van der Waals surface area contributed by atoms with Gasteiger partial charge >= 0.3 is 0 Å². The standard InChI is InChI=1S/C17H12N4O2S/c18-7-11-3-4-19-16(5-11)23-13-8-21(9-13)17(22)12-1-2-14-15(6-12)24-10-20-14/h1-6,10,13H,8-9H2. The van der Waals surface area contributed by atoms with Crippen LogP contribution in [0.5, 0.6) is 5.88 Å². The van der Waals surface area contributed by atoms with Crippen molar-refractivity contribution in [3.8, 4) is 11.9 Å². The highest BCUT2D eigenvalue weighted by molar-refractivity contribution is 7.16. The number of carbonyl (C=O) groups excluding carboxylic acids is 1. The number of nitriles is 1. The number of amides is 1. The Morgan fingerprint density at radius 3 is 3.00 bits per heavy atom. The number of likely N-dealkylation sites (tertiary alicyclic amines) is 1. The SMILES string of the molecule is N#Cc1ccnc(OC2CN(C(=O)c3ccc4ncsc4c3)C2)c1. The first-order valence-corrected chi connectivity index (χ1v) is 8.26. The third-order valence-corrected chi connectivity index (χ3v) is 4.66. The molecule has 3 aromatic rings. The molecule has 6 nitrogen and oxygen atoms in total. The van der Waals surface area contributed by atoms with Gasteiger partial charge in [0.05, 0.1) is 40.4 Å². The first kappa shape index (κ1) is 14.6. The van der Waals surface area contributed by atoms with Crippen molar-refractivity contribution in [2.24, 2.45) is 0 Å². The van der Waals surface area contributed by atoms with Gasteiger partial charge in [0.25, 0.3) is 5.91 Å². The summed E-state index contributed by atoms with van der Waals surface area (Å²) in [5, 5.41) is 8.88. The highest BCUT2D eigenvalue weighted by Gasteiger charge is 2.33.